The van der Waals surface area contributed by atoms with Crippen molar-refractivity contribution in [3.05, 3.63) is 93.3 Å². The Balaban J connectivity index is 0.000000151. The molecule has 0 amide bonds. The molecule has 4 aromatic rings. The highest BCUT2D eigenvalue weighted by Gasteiger charge is 2.11. The van der Waals surface area contributed by atoms with Crippen LogP contribution in [0.25, 0.3) is 21.8 Å². The lowest BCUT2D eigenvalue weighted by Gasteiger charge is -1.96. The van der Waals surface area contributed by atoms with E-state index >= 15 is 0 Å². The zero-order valence-electron chi connectivity index (χ0n) is 13.4. The summed E-state index contributed by atoms with van der Waals surface area (Å²) in [6, 6.07) is 16.7. The highest BCUT2D eigenvalue weighted by atomic mass is 16.6. The van der Waals surface area contributed by atoms with Gasteiger partial charge in [0.05, 0.1) is 20.7 Å². The van der Waals surface area contributed by atoms with Crippen molar-refractivity contribution in [2.45, 2.75) is 0 Å². The number of benzene rings is 2. The van der Waals surface area contributed by atoms with Crippen molar-refractivity contribution in [3.63, 3.8) is 0 Å². The highest BCUT2D eigenvalue weighted by Crippen LogP contribution is 2.23. The van der Waals surface area contributed by atoms with Crippen LogP contribution in [0.3, 0.4) is 0 Å². The molecule has 0 saturated carbocycles. The van der Waals surface area contributed by atoms with E-state index in [1.807, 2.05) is 0 Å². The maximum absolute atomic E-state index is 10.6. The second kappa shape index (κ2) is 7.31. The number of nitrogens with zero attached hydrogens (tertiary/aromatic N) is 4. The predicted octanol–water partition coefficient (Wildman–Crippen LogP) is 4.29. The van der Waals surface area contributed by atoms with E-state index in [4.69, 9.17) is 0 Å². The number of non-ortho nitro benzene ring substituents is 2. The van der Waals surface area contributed by atoms with Crippen LogP contribution < -0.4 is 0 Å². The third kappa shape index (κ3) is 3.44. The predicted molar refractivity (Wildman–Crippen MR) is 96.8 cm³/mol. The van der Waals surface area contributed by atoms with Crippen LogP contribution in [0.2, 0.25) is 0 Å². The topological polar surface area (TPSA) is 112 Å². The van der Waals surface area contributed by atoms with Gasteiger partial charge in [-0.25, -0.2) is 4.98 Å². The Bertz CT molecular complexity index is 1010. The molecule has 0 spiro atoms. The molecule has 0 fully saturated rings. The monoisotopic (exact) mass is 348 g/mol. The number of rotatable bonds is 2. The van der Waals surface area contributed by atoms with Gasteiger partial charge in [0.25, 0.3) is 11.4 Å². The molecule has 2 aromatic carbocycles. The van der Waals surface area contributed by atoms with E-state index in [0.29, 0.717) is 16.4 Å². The minimum absolute atomic E-state index is 0.0538. The van der Waals surface area contributed by atoms with Crippen LogP contribution in [-0.2, 0) is 0 Å². The Hall–Kier alpha value is -3.94. The number of para-hydroxylation sites is 1. The van der Waals surface area contributed by atoms with E-state index < -0.39 is 9.85 Å². The molecule has 4 rings (SSSR count). The van der Waals surface area contributed by atoms with E-state index in [-0.39, 0.29) is 11.4 Å². The third-order valence-corrected chi connectivity index (χ3v) is 3.63. The Labute approximate surface area is 147 Å². The van der Waals surface area contributed by atoms with Crippen molar-refractivity contribution in [2.75, 3.05) is 0 Å². The molecule has 0 aliphatic heterocycles. The summed E-state index contributed by atoms with van der Waals surface area (Å²) in [4.78, 5) is 28.3. The Morgan fingerprint density at radius 3 is 2.08 bits per heavy atom. The summed E-state index contributed by atoms with van der Waals surface area (Å²) < 4.78 is 0. The first-order chi connectivity index (χ1) is 12.6. The van der Waals surface area contributed by atoms with Gasteiger partial charge in [0.1, 0.15) is 5.52 Å². The first kappa shape index (κ1) is 16.9. The van der Waals surface area contributed by atoms with Gasteiger partial charge in [0, 0.05) is 29.9 Å². The molecule has 26 heavy (non-hydrogen) atoms. The summed E-state index contributed by atoms with van der Waals surface area (Å²) >= 11 is 0. The van der Waals surface area contributed by atoms with Gasteiger partial charge in [0.15, 0.2) is 0 Å². The molecule has 0 atom stereocenters. The van der Waals surface area contributed by atoms with Crippen molar-refractivity contribution < 1.29 is 9.85 Å². The van der Waals surface area contributed by atoms with Crippen molar-refractivity contribution in [2.24, 2.45) is 0 Å². The second-order valence-corrected chi connectivity index (χ2v) is 5.21. The van der Waals surface area contributed by atoms with Crippen LogP contribution >= 0.6 is 0 Å². The number of fused-ring (bicyclic) bond motifs is 2. The van der Waals surface area contributed by atoms with Gasteiger partial charge >= 0.3 is 0 Å². The summed E-state index contributed by atoms with van der Waals surface area (Å²) in [5, 5.41) is 22.5. The van der Waals surface area contributed by atoms with Crippen LogP contribution in [0, 0.1) is 20.2 Å². The van der Waals surface area contributed by atoms with Crippen LogP contribution in [0.4, 0.5) is 11.4 Å². The van der Waals surface area contributed by atoms with Gasteiger partial charge in [-0.1, -0.05) is 24.3 Å². The Morgan fingerprint density at radius 2 is 1.31 bits per heavy atom. The molecule has 0 aliphatic carbocycles. The third-order valence-electron chi connectivity index (χ3n) is 3.63. The van der Waals surface area contributed by atoms with Crippen LogP contribution in [-0.4, -0.2) is 19.8 Å². The maximum atomic E-state index is 10.6. The number of hydrogen-bond acceptors (Lipinski definition) is 6. The molecule has 0 unspecified atom stereocenters. The SMILES string of the molecule is O=[N+]([O-])c1cccc2cccnc12.O=[N+]([O-])c1cccc2ncccc12. The fraction of sp³-hybridized carbons (Fsp3) is 0. The Morgan fingerprint density at radius 1 is 0.692 bits per heavy atom. The summed E-state index contributed by atoms with van der Waals surface area (Å²) in [5.41, 5.74) is 1.25. The van der Waals surface area contributed by atoms with Gasteiger partial charge in [-0.05, 0) is 24.3 Å². The van der Waals surface area contributed by atoms with Crippen molar-refractivity contribution >= 4 is 33.2 Å². The van der Waals surface area contributed by atoms with Crippen LogP contribution in [0.5, 0.6) is 0 Å². The van der Waals surface area contributed by atoms with E-state index in [0.717, 1.165) is 5.39 Å². The van der Waals surface area contributed by atoms with Crippen molar-refractivity contribution in [1.29, 1.82) is 0 Å². The van der Waals surface area contributed by atoms with Crippen LogP contribution in [0.1, 0.15) is 0 Å². The van der Waals surface area contributed by atoms with Gasteiger partial charge in [-0.2, -0.15) is 0 Å². The maximum Gasteiger partial charge on any atom is 0.295 e. The Kier molecular flexibility index (Phi) is 4.75. The number of pyridine rings is 2. The first-order valence-corrected chi connectivity index (χ1v) is 7.54. The summed E-state index contributed by atoms with van der Waals surface area (Å²) in [6.45, 7) is 0. The minimum Gasteiger partial charge on any atom is -0.258 e. The number of hydrogen-bond donors (Lipinski definition) is 0. The van der Waals surface area contributed by atoms with Gasteiger partial charge < -0.3 is 0 Å². The van der Waals surface area contributed by atoms with Gasteiger partial charge in [-0.3, -0.25) is 25.2 Å². The second-order valence-electron chi connectivity index (χ2n) is 5.21. The molecule has 128 valence electrons. The van der Waals surface area contributed by atoms with E-state index in [1.54, 1.807) is 60.9 Å². The molecule has 0 saturated heterocycles. The smallest absolute Gasteiger partial charge is 0.258 e. The largest absolute Gasteiger partial charge is 0.295 e. The molecular formula is C18H12N4O4. The average molecular weight is 348 g/mol. The summed E-state index contributed by atoms with van der Waals surface area (Å²) in [6.07, 6.45) is 3.17. The fourth-order valence-corrected chi connectivity index (χ4v) is 2.48. The van der Waals surface area contributed by atoms with E-state index in [2.05, 4.69) is 9.97 Å². The van der Waals surface area contributed by atoms with E-state index in [9.17, 15) is 20.2 Å². The van der Waals surface area contributed by atoms with Gasteiger partial charge in [-0.15, -0.1) is 0 Å². The number of nitro groups is 2. The van der Waals surface area contributed by atoms with Gasteiger partial charge in [0.2, 0.25) is 0 Å². The summed E-state index contributed by atoms with van der Waals surface area (Å²) in [7, 11) is 0. The summed E-state index contributed by atoms with van der Waals surface area (Å²) in [5.74, 6) is 0. The zero-order valence-corrected chi connectivity index (χ0v) is 13.4. The molecule has 0 aliphatic rings. The average Bonchev–Trinajstić information content (AvgIpc) is 2.67. The quantitative estimate of drug-likeness (QED) is 0.394. The molecule has 0 bridgehead atoms. The lowest BCUT2D eigenvalue weighted by Crippen LogP contribution is -1.90. The highest BCUT2D eigenvalue weighted by molar-refractivity contribution is 5.87. The van der Waals surface area contributed by atoms with Crippen molar-refractivity contribution in [3.8, 4) is 0 Å². The number of aromatic nitrogens is 2. The van der Waals surface area contributed by atoms with Crippen molar-refractivity contribution in [1.82, 2.24) is 9.97 Å². The standard InChI is InChI=1S/2C9H6N2O2/c12-11(13)9-5-1-4-8-7(9)3-2-6-10-8;12-11(13)8-5-1-3-7-4-2-6-10-9(7)8/h2*1-6H. The normalized spacial score (nSPS) is 10.2. The minimum atomic E-state index is -0.421. The molecule has 2 aromatic heterocycles. The molecule has 0 radical (unpaired) electrons. The van der Waals surface area contributed by atoms with E-state index in [1.165, 1.54) is 12.1 Å². The molecule has 8 heteroatoms. The first-order valence-electron chi connectivity index (χ1n) is 7.54. The number of nitro benzene ring substituents is 2. The molecule has 8 nitrogen and oxygen atoms in total. The zero-order chi connectivity index (χ0) is 18.5. The molecule has 0 N–H and O–H groups in total. The fourth-order valence-electron chi connectivity index (χ4n) is 2.48. The lowest BCUT2D eigenvalue weighted by atomic mass is 10.2. The lowest BCUT2D eigenvalue weighted by molar-refractivity contribution is -0.383. The van der Waals surface area contributed by atoms with Crippen LogP contribution in [0.15, 0.2) is 73.1 Å². The molecule has 2 heterocycles. The molecular weight excluding hydrogens is 336 g/mol.